The highest BCUT2D eigenvalue weighted by molar-refractivity contribution is 7.86. The number of amides is 1. The molecule has 2 unspecified atom stereocenters. The van der Waals surface area contributed by atoms with Gasteiger partial charge in [-0.2, -0.15) is 21.6 Å². The summed E-state index contributed by atoms with van der Waals surface area (Å²) < 4.78 is 87.2. The first-order valence-electron chi connectivity index (χ1n) is 14.6. The topological polar surface area (TPSA) is 104 Å². The Morgan fingerprint density at radius 3 is 2.39 bits per heavy atom. The molecule has 9 nitrogen and oxygen atoms in total. The molecular formula is C33H33F3N2O7S. The van der Waals surface area contributed by atoms with Crippen molar-refractivity contribution in [2.24, 2.45) is 0 Å². The number of pyridine rings is 1. The van der Waals surface area contributed by atoms with E-state index in [-0.39, 0.29) is 23.8 Å². The van der Waals surface area contributed by atoms with Crippen molar-refractivity contribution >= 4 is 32.6 Å². The molecule has 0 bridgehead atoms. The van der Waals surface area contributed by atoms with Crippen LogP contribution < -0.4 is 9.64 Å². The van der Waals surface area contributed by atoms with Crippen LogP contribution in [0.1, 0.15) is 24.8 Å². The van der Waals surface area contributed by atoms with E-state index in [0.717, 1.165) is 30.8 Å². The van der Waals surface area contributed by atoms with Gasteiger partial charge in [-0.3, -0.25) is 8.98 Å². The van der Waals surface area contributed by atoms with Crippen LogP contribution in [0.5, 0.6) is 5.75 Å². The molecule has 244 valence electrons. The van der Waals surface area contributed by atoms with Crippen molar-refractivity contribution in [1.82, 2.24) is 4.98 Å². The number of fused-ring (bicyclic) bond motifs is 1. The van der Waals surface area contributed by atoms with Crippen molar-refractivity contribution in [2.75, 3.05) is 31.8 Å². The molecule has 1 aliphatic rings. The summed E-state index contributed by atoms with van der Waals surface area (Å²) in [5.74, 6) is -1.51. The Morgan fingerprint density at radius 2 is 1.72 bits per heavy atom. The van der Waals surface area contributed by atoms with E-state index >= 15 is 0 Å². The molecule has 13 heteroatoms. The smallest absolute Gasteiger partial charge is 0.471 e. The van der Waals surface area contributed by atoms with Gasteiger partial charge in [-0.15, -0.1) is 0 Å². The third-order valence-electron chi connectivity index (χ3n) is 7.40. The van der Waals surface area contributed by atoms with Gasteiger partial charge in [0.05, 0.1) is 22.7 Å². The zero-order valence-corrected chi connectivity index (χ0v) is 26.0. The van der Waals surface area contributed by atoms with Gasteiger partial charge in [0.15, 0.2) is 6.29 Å². The van der Waals surface area contributed by atoms with Crippen molar-refractivity contribution in [1.29, 1.82) is 0 Å². The van der Waals surface area contributed by atoms with Crippen molar-refractivity contribution in [3.8, 4) is 17.0 Å². The molecule has 0 aliphatic carbocycles. The summed E-state index contributed by atoms with van der Waals surface area (Å²) in [6, 6.07) is 21.3. The molecule has 1 aliphatic heterocycles. The number of alkyl halides is 3. The van der Waals surface area contributed by atoms with Gasteiger partial charge in [-0.25, -0.2) is 4.98 Å². The number of rotatable bonds is 11. The highest BCUT2D eigenvalue weighted by Gasteiger charge is 2.41. The van der Waals surface area contributed by atoms with E-state index in [9.17, 15) is 26.4 Å². The van der Waals surface area contributed by atoms with E-state index in [1.165, 1.54) is 24.3 Å². The van der Waals surface area contributed by atoms with E-state index in [1.807, 2.05) is 19.1 Å². The Balaban J connectivity index is 1.29. The Labute approximate surface area is 265 Å². The lowest BCUT2D eigenvalue weighted by molar-refractivity contribution is -0.198. The van der Waals surface area contributed by atoms with Crippen LogP contribution in [-0.4, -0.2) is 64.7 Å². The van der Waals surface area contributed by atoms with Crippen LogP contribution in [0, 0.1) is 6.92 Å². The molecule has 1 aromatic heterocycles. The van der Waals surface area contributed by atoms with Gasteiger partial charge in [0, 0.05) is 36.4 Å². The number of nitrogens with zero attached hydrogens (tertiary/aromatic N) is 2. The number of carbonyl (C=O) groups is 1. The molecule has 4 aromatic rings. The van der Waals surface area contributed by atoms with Gasteiger partial charge in [-0.1, -0.05) is 35.9 Å². The summed E-state index contributed by atoms with van der Waals surface area (Å²) in [6.45, 7) is 2.09. The maximum Gasteiger partial charge on any atom is 0.471 e. The van der Waals surface area contributed by atoms with Crippen LogP contribution in [0.4, 0.5) is 18.9 Å². The van der Waals surface area contributed by atoms with Gasteiger partial charge in [-0.05, 0) is 68.7 Å². The predicted molar refractivity (Wildman–Crippen MR) is 165 cm³/mol. The first kappa shape index (κ1) is 33.3. The summed E-state index contributed by atoms with van der Waals surface area (Å²) in [7, 11) is -2.97. The highest BCUT2D eigenvalue weighted by Crippen LogP contribution is 2.28. The van der Waals surface area contributed by atoms with Crippen LogP contribution in [0.25, 0.3) is 22.2 Å². The van der Waals surface area contributed by atoms with Crippen molar-refractivity contribution in [2.45, 2.75) is 49.7 Å². The molecule has 1 amide bonds. The standard InChI is InChI=1S/C33H33F3N2O7S/c1-22-6-15-28(16-7-22)46(40,41)44-21-27(45-31-5-3-4-18-42-31)20-43-26-14-10-24-11-17-29(37-30(24)19-26)23-8-12-25(13-9-23)38(2)32(39)33(34,35)36/h6-17,19,27,31H,3-5,18,20-21H2,1-2H3. The number of benzene rings is 3. The number of hydrogen-bond donors (Lipinski definition) is 0. The average molecular weight is 659 g/mol. The second-order valence-electron chi connectivity index (χ2n) is 10.9. The van der Waals surface area contributed by atoms with Crippen LogP contribution >= 0.6 is 0 Å². The summed E-state index contributed by atoms with van der Waals surface area (Å²) in [4.78, 5) is 16.8. The Hall–Kier alpha value is -4.04. The van der Waals surface area contributed by atoms with E-state index < -0.39 is 34.6 Å². The molecule has 2 heterocycles. The SMILES string of the molecule is Cc1ccc(S(=O)(=O)OCC(COc2ccc3ccc(-c4ccc(N(C)C(=O)C(F)(F)F)cc4)nc3c2)OC2CCCCO2)cc1. The number of hydrogen-bond acceptors (Lipinski definition) is 8. The fraction of sp³-hybridized carbons (Fsp3) is 0.333. The molecule has 5 rings (SSSR count). The minimum atomic E-state index is -4.98. The highest BCUT2D eigenvalue weighted by atomic mass is 32.2. The van der Waals surface area contributed by atoms with Gasteiger partial charge < -0.3 is 19.1 Å². The molecule has 46 heavy (non-hydrogen) atoms. The molecular weight excluding hydrogens is 625 g/mol. The maximum atomic E-state index is 12.8. The lowest BCUT2D eigenvalue weighted by Gasteiger charge is -2.27. The molecule has 1 saturated heterocycles. The Bertz CT molecular complexity index is 1760. The lowest BCUT2D eigenvalue weighted by Crippen LogP contribution is -2.38. The summed E-state index contributed by atoms with van der Waals surface area (Å²) in [5, 5.41) is 0.819. The molecule has 3 aromatic carbocycles. The van der Waals surface area contributed by atoms with Gasteiger partial charge >= 0.3 is 12.1 Å². The van der Waals surface area contributed by atoms with Crippen molar-refractivity contribution < 1.29 is 44.8 Å². The van der Waals surface area contributed by atoms with Crippen LogP contribution in [-0.2, 0) is 28.6 Å². The molecule has 0 saturated carbocycles. The Kier molecular flexibility index (Phi) is 10.3. The minimum absolute atomic E-state index is 0.0277. The fourth-order valence-electron chi connectivity index (χ4n) is 4.80. The monoisotopic (exact) mass is 658 g/mol. The quantitative estimate of drug-likeness (QED) is 0.170. The number of anilines is 1. The molecule has 0 spiro atoms. The third-order valence-corrected chi connectivity index (χ3v) is 8.69. The van der Waals surface area contributed by atoms with E-state index in [0.29, 0.717) is 40.5 Å². The average Bonchev–Trinajstić information content (AvgIpc) is 3.05. The number of carbonyl (C=O) groups excluding carboxylic acids is 1. The Morgan fingerprint density at radius 1 is 1.00 bits per heavy atom. The zero-order chi connectivity index (χ0) is 32.9. The number of halogens is 3. The molecule has 1 fully saturated rings. The first-order valence-corrected chi connectivity index (χ1v) is 16.0. The zero-order valence-electron chi connectivity index (χ0n) is 25.2. The van der Waals surface area contributed by atoms with Gasteiger partial charge in [0.25, 0.3) is 10.1 Å². The summed E-state index contributed by atoms with van der Waals surface area (Å²) in [5.41, 5.74) is 2.80. The second kappa shape index (κ2) is 14.2. The van der Waals surface area contributed by atoms with Gasteiger partial charge in [0.1, 0.15) is 18.5 Å². The molecule has 0 N–H and O–H groups in total. The number of aromatic nitrogens is 1. The molecule has 2 atom stereocenters. The number of ether oxygens (including phenoxy) is 3. The van der Waals surface area contributed by atoms with Crippen LogP contribution in [0.3, 0.4) is 0 Å². The normalized spacial score (nSPS) is 16.2. The van der Waals surface area contributed by atoms with E-state index in [4.69, 9.17) is 18.4 Å². The van der Waals surface area contributed by atoms with Crippen LogP contribution in [0.15, 0.2) is 83.8 Å². The third kappa shape index (κ3) is 8.40. The summed E-state index contributed by atoms with van der Waals surface area (Å²) >= 11 is 0. The predicted octanol–water partition coefficient (Wildman–Crippen LogP) is 6.43. The summed E-state index contributed by atoms with van der Waals surface area (Å²) in [6.07, 6.45) is -3.74. The fourth-order valence-corrected chi connectivity index (χ4v) is 5.73. The van der Waals surface area contributed by atoms with Crippen molar-refractivity contribution in [3.05, 3.63) is 84.4 Å². The van der Waals surface area contributed by atoms with E-state index in [1.54, 1.807) is 42.5 Å². The first-order chi connectivity index (χ1) is 21.9. The minimum Gasteiger partial charge on any atom is -0.491 e. The number of aryl methyl sites for hydroxylation is 1. The van der Waals surface area contributed by atoms with E-state index in [2.05, 4.69) is 4.98 Å². The van der Waals surface area contributed by atoms with Gasteiger partial charge in [0.2, 0.25) is 0 Å². The van der Waals surface area contributed by atoms with Crippen molar-refractivity contribution in [3.63, 3.8) is 0 Å². The molecule has 0 radical (unpaired) electrons. The maximum absolute atomic E-state index is 12.8. The second-order valence-corrected chi connectivity index (χ2v) is 12.5. The lowest BCUT2D eigenvalue weighted by atomic mass is 10.1. The largest absolute Gasteiger partial charge is 0.491 e. The van der Waals surface area contributed by atoms with Crippen LogP contribution in [0.2, 0.25) is 0 Å².